The first kappa shape index (κ1) is 13.7. The van der Waals surface area contributed by atoms with E-state index in [1.54, 1.807) is 24.4 Å². The number of benzene rings is 1. The Kier molecular flexibility index (Phi) is 3.89. The Labute approximate surface area is 129 Å². The van der Waals surface area contributed by atoms with Crippen LogP contribution in [0.25, 0.3) is 10.6 Å². The molecule has 0 radical (unpaired) electrons. The molecule has 0 saturated heterocycles. The highest BCUT2D eigenvalue weighted by atomic mass is 35.5. The minimum Gasteiger partial charge on any atom is -0.296 e. The fourth-order valence-electron chi connectivity index (χ4n) is 1.68. The molecule has 21 heavy (non-hydrogen) atoms. The number of nitrogens with zero attached hydrogens (tertiary/aromatic N) is 3. The third kappa shape index (κ3) is 3.07. The molecule has 0 aliphatic rings. The Balaban J connectivity index is 1.80. The number of carbonyl (C=O) groups excluding carboxylic acids is 1. The molecule has 0 spiro atoms. The van der Waals surface area contributed by atoms with E-state index < -0.39 is 0 Å². The lowest BCUT2D eigenvalue weighted by molar-refractivity contribution is 0.102. The van der Waals surface area contributed by atoms with Gasteiger partial charge >= 0.3 is 0 Å². The van der Waals surface area contributed by atoms with E-state index >= 15 is 0 Å². The van der Waals surface area contributed by atoms with Gasteiger partial charge in [-0.05, 0) is 18.2 Å². The second-order valence-electron chi connectivity index (χ2n) is 4.09. The van der Waals surface area contributed by atoms with Crippen molar-refractivity contribution in [2.24, 2.45) is 0 Å². The molecule has 3 rings (SSSR count). The van der Waals surface area contributed by atoms with Crippen LogP contribution in [0.3, 0.4) is 0 Å². The quantitative estimate of drug-likeness (QED) is 0.803. The number of pyridine rings is 1. The average molecular weight is 317 g/mol. The van der Waals surface area contributed by atoms with Crippen molar-refractivity contribution in [3.63, 3.8) is 0 Å². The zero-order chi connectivity index (χ0) is 14.7. The maximum absolute atomic E-state index is 12.0. The maximum atomic E-state index is 12.0. The minimum atomic E-state index is -0.273. The van der Waals surface area contributed by atoms with Crippen LogP contribution in [0.15, 0.2) is 48.8 Å². The summed E-state index contributed by atoms with van der Waals surface area (Å²) < 4.78 is 0. The standard InChI is InChI=1S/C14H9ClN4OS/c15-11-6-2-1-5-10(11)13-18-19-14(21-13)17-12(20)9-4-3-7-16-8-9/h1-8H,(H,17,19,20). The highest BCUT2D eigenvalue weighted by molar-refractivity contribution is 7.18. The molecule has 3 aromatic rings. The van der Waals surface area contributed by atoms with Gasteiger partial charge < -0.3 is 0 Å². The first-order chi connectivity index (χ1) is 10.2. The molecule has 5 nitrogen and oxygen atoms in total. The van der Waals surface area contributed by atoms with Gasteiger partial charge in [0.15, 0.2) is 5.01 Å². The van der Waals surface area contributed by atoms with Crippen molar-refractivity contribution in [3.8, 4) is 10.6 Å². The van der Waals surface area contributed by atoms with Crippen molar-refractivity contribution in [2.75, 3.05) is 5.32 Å². The Morgan fingerprint density at radius 3 is 2.76 bits per heavy atom. The highest BCUT2D eigenvalue weighted by Gasteiger charge is 2.12. The number of anilines is 1. The first-order valence-electron chi connectivity index (χ1n) is 6.04. The van der Waals surface area contributed by atoms with Crippen LogP contribution in [0.5, 0.6) is 0 Å². The molecule has 0 saturated carbocycles. The van der Waals surface area contributed by atoms with Crippen molar-refractivity contribution in [1.29, 1.82) is 0 Å². The number of rotatable bonds is 3. The van der Waals surface area contributed by atoms with Crippen molar-refractivity contribution in [3.05, 3.63) is 59.4 Å². The van der Waals surface area contributed by atoms with Gasteiger partial charge in [0.1, 0.15) is 0 Å². The molecular weight excluding hydrogens is 308 g/mol. The average Bonchev–Trinajstić information content (AvgIpc) is 2.97. The summed E-state index contributed by atoms with van der Waals surface area (Å²) in [5.74, 6) is -0.273. The SMILES string of the molecule is O=C(Nc1nnc(-c2ccccc2Cl)s1)c1cccnc1. The molecule has 0 fully saturated rings. The molecule has 7 heteroatoms. The van der Waals surface area contributed by atoms with E-state index in [-0.39, 0.29) is 5.91 Å². The molecule has 0 atom stereocenters. The van der Waals surface area contributed by atoms with Gasteiger partial charge in [0.05, 0.1) is 10.6 Å². The van der Waals surface area contributed by atoms with Crippen LogP contribution in [0.1, 0.15) is 10.4 Å². The smallest absolute Gasteiger partial charge is 0.259 e. The topological polar surface area (TPSA) is 67.8 Å². The lowest BCUT2D eigenvalue weighted by atomic mass is 10.2. The van der Waals surface area contributed by atoms with Gasteiger partial charge in [-0.2, -0.15) is 0 Å². The van der Waals surface area contributed by atoms with E-state index in [9.17, 15) is 4.79 Å². The van der Waals surface area contributed by atoms with Crippen LogP contribution >= 0.6 is 22.9 Å². The van der Waals surface area contributed by atoms with Crippen molar-refractivity contribution < 1.29 is 4.79 Å². The summed E-state index contributed by atoms with van der Waals surface area (Å²) in [7, 11) is 0. The van der Waals surface area contributed by atoms with Crippen LogP contribution in [-0.4, -0.2) is 21.1 Å². The molecule has 2 heterocycles. The molecule has 1 aromatic carbocycles. The molecule has 104 valence electrons. The van der Waals surface area contributed by atoms with E-state index in [0.717, 1.165) is 5.56 Å². The van der Waals surface area contributed by atoms with Crippen LogP contribution in [-0.2, 0) is 0 Å². The summed E-state index contributed by atoms with van der Waals surface area (Å²) >= 11 is 7.38. The molecule has 0 aliphatic heterocycles. The predicted octanol–water partition coefficient (Wildman–Crippen LogP) is 3.51. The molecule has 0 bridgehead atoms. The van der Waals surface area contributed by atoms with Gasteiger partial charge in [0.2, 0.25) is 5.13 Å². The number of hydrogen-bond donors (Lipinski definition) is 1. The van der Waals surface area contributed by atoms with Crippen LogP contribution in [0, 0.1) is 0 Å². The lowest BCUT2D eigenvalue weighted by Gasteiger charge is -1.99. The first-order valence-corrected chi connectivity index (χ1v) is 7.23. The number of nitrogens with one attached hydrogen (secondary N) is 1. The number of carbonyl (C=O) groups is 1. The Morgan fingerprint density at radius 1 is 1.14 bits per heavy atom. The Bertz CT molecular complexity index is 775. The molecular formula is C14H9ClN4OS. The lowest BCUT2D eigenvalue weighted by Crippen LogP contribution is -2.11. The normalized spacial score (nSPS) is 10.3. The summed E-state index contributed by atoms with van der Waals surface area (Å²) in [6.07, 6.45) is 3.10. The number of hydrogen-bond acceptors (Lipinski definition) is 5. The summed E-state index contributed by atoms with van der Waals surface area (Å²) in [6, 6.07) is 10.7. The van der Waals surface area contributed by atoms with E-state index in [2.05, 4.69) is 20.5 Å². The van der Waals surface area contributed by atoms with E-state index in [1.807, 2.05) is 18.2 Å². The maximum Gasteiger partial charge on any atom is 0.259 e. The van der Waals surface area contributed by atoms with Crippen molar-refractivity contribution in [2.45, 2.75) is 0 Å². The summed E-state index contributed by atoms with van der Waals surface area (Å²) in [5, 5.41) is 12.4. The summed E-state index contributed by atoms with van der Waals surface area (Å²) in [6.45, 7) is 0. The fraction of sp³-hybridized carbons (Fsp3) is 0. The monoisotopic (exact) mass is 316 g/mol. The zero-order valence-corrected chi connectivity index (χ0v) is 12.2. The molecule has 1 N–H and O–H groups in total. The Morgan fingerprint density at radius 2 is 2.00 bits per heavy atom. The third-order valence-electron chi connectivity index (χ3n) is 2.67. The van der Waals surface area contributed by atoms with Crippen LogP contribution in [0.2, 0.25) is 5.02 Å². The van der Waals surface area contributed by atoms with Crippen LogP contribution in [0.4, 0.5) is 5.13 Å². The number of amides is 1. The van der Waals surface area contributed by atoms with Gasteiger partial charge in [-0.15, -0.1) is 10.2 Å². The van der Waals surface area contributed by atoms with E-state index in [1.165, 1.54) is 17.5 Å². The van der Waals surface area contributed by atoms with Gasteiger partial charge in [0.25, 0.3) is 5.91 Å². The van der Waals surface area contributed by atoms with Gasteiger partial charge in [-0.25, -0.2) is 0 Å². The highest BCUT2D eigenvalue weighted by Crippen LogP contribution is 2.31. The van der Waals surface area contributed by atoms with E-state index in [0.29, 0.717) is 20.7 Å². The van der Waals surface area contributed by atoms with Gasteiger partial charge in [0, 0.05) is 18.0 Å². The van der Waals surface area contributed by atoms with Gasteiger partial charge in [-0.3, -0.25) is 15.1 Å². The summed E-state index contributed by atoms with van der Waals surface area (Å²) in [5.41, 5.74) is 1.26. The molecule has 2 aromatic heterocycles. The second-order valence-corrected chi connectivity index (χ2v) is 5.47. The third-order valence-corrected chi connectivity index (χ3v) is 3.88. The van der Waals surface area contributed by atoms with Crippen molar-refractivity contribution >= 4 is 34.0 Å². The van der Waals surface area contributed by atoms with Gasteiger partial charge in [-0.1, -0.05) is 41.1 Å². The van der Waals surface area contributed by atoms with Crippen LogP contribution < -0.4 is 5.32 Å². The second kappa shape index (κ2) is 5.99. The minimum absolute atomic E-state index is 0.273. The Hall–Kier alpha value is -2.31. The number of aromatic nitrogens is 3. The number of halogens is 1. The van der Waals surface area contributed by atoms with Crippen molar-refractivity contribution in [1.82, 2.24) is 15.2 Å². The predicted molar refractivity (Wildman–Crippen MR) is 82.5 cm³/mol. The zero-order valence-electron chi connectivity index (χ0n) is 10.7. The molecule has 0 aliphatic carbocycles. The fourth-order valence-corrected chi connectivity index (χ4v) is 2.74. The molecule has 0 unspecified atom stereocenters. The summed E-state index contributed by atoms with van der Waals surface area (Å²) in [4.78, 5) is 15.9. The van der Waals surface area contributed by atoms with E-state index in [4.69, 9.17) is 11.6 Å². The molecule has 1 amide bonds. The largest absolute Gasteiger partial charge is 0.296 e.